The second-order valence-corrected chi connectivity index (χ2v) is 4.48. The number of hydrogen-bond donors (Lipinski definition) is 1. The number of halogens is 3. The van der Waals surface area contributed by atoms with Crippen molar-refractivity contribution >= 4 is 5.91 Å². The molecule has 2 N–H and O–H groups in total. The van der Waals surface area contributed by atoms with Gasteiger partial charge in [-0.2, -0.15) is 0 Å². The summed E-state index contributed by atoms with van der Waals surface area (Å²) in [6.07, 6.45) is 1.35. The second-order valence-electron chi connectivity index (χ2n) is 4.48. The molecule has 0 bridgehead atoms. The fourth-order valence-electron chi connectivity index (χ4n) is 2.16. The molecule has 112 valence electrons. The molecular formula is C14H19F3N2O. The Morgan fingerprint density at radius 3 is 2.30 bits per heavy atom. The van der Waals surface area contributed by atoms with Gasteiger partial charge in [-0.25, -0.2) is 13.2 Å². The number of amides is 1. The lowest BCUT2D eigenvalue weighted by atomic mass is 10.1. The number of carbonyl (C=O) groups excluding carboxylic acids is 1. The van der Waals surface area contributed by atoms with Gasteiger partial charge in [-0.1, -0.05) is 13.8 Å². The Bertz CT molecular complexity index is 476. The summed E-state index contributed by atoms with van der Waals surface area (Å²) < 4.78 is 39.8. The van der Waals surface area contributed by atoms with Gasteiger partial charge in [0.15, 0.2) is 17.5 Å². The molecule has 3 nitrogen and oxygen atoms in total. The van der Waals surface area contributed by atoms with E-state index in [2.05, 4.69) is 0 Å². The van der Waals surface area contributed by atoms with Crippen LogP contribution in [0, 0.1) is 17.5 Å². The Balaban J connectivity index is 3.15. The van der Waals surface area contributed by atoms with Crippen LogP contribution in [-0.4, -0.2) is 29.9 Å². The monoisotopic (exact) mass is 288 g/mol. The Morgan fingerprint density at radius 2 is 1.80 bits per heavy atom. The van der Waals surface area contributed by atoms with Crippen molar-refractivity contribution in [1.82, 2.24) is 4.90 Å². The molecule has 0 atom stereocenters. The predicted molar refractivity (Wildman–Crippen MR) is 70.8 cm³/mol. The van der Waals surface area contributed by atoms with Crippen LogP contribution < -0.4 is 5.73 Å². The van der Waals surface area contributed by atoms with Gasteiger partial charge in [-0.05, 0) is 25.0 Å². The molecule has 0 aliphatic rings. The van der Waals surface area contributed by atoms with E-state index in [0.29, 0.717) is 12.8 Å². The lowest BCUT2D eigenvalue weighted by Crippen LogP contribution is -2.43. The van der Waals surface area contributed by atoms with Gasteiger partial charge < -0.3 is 10.6 Å². The molecular weight excluding hydrogens is 269 g/mol. The van der Waals surface area contributed by atoms with Crippen LogP contribution in [0.5, 0.6) is 0 Å². The van der Waals surface area contributed by atoms with Gasteiger partial charge >= 0.3 is 0 Å². The standard InChI is InChI=1S/C14H19F3N2O/c1-3-9(4-2)19(8-7-18)14(20)10-5-6-11(15)13(17)12(10)16/h5-6,9H,3-4,7-8,18H2,1-2H3. The Morgan fingerprint density at radius 1 is 1.20 bits per heavy atom. The average molecular weight is 288 g/mol. The van der Waals surface area contributed by atoms with E-state index in [-0.39, 0.29) is 19.1 Å². The predicted octanol–water partition coefficient (Wildman–Crippen LogP) is 2.69. The molecule has 1 amide bonds. The Labute approximate surface area is 116 Å². The zero-order valence-corrected chi connectivity index (χ0v) is 11.6. The number of nitrogens with two attached hydrogens (primary N) is 1. The van der Waals surface area contributed by atoms with Gasteiger partial charge in [0.2, 0.25) is 0 Å². The zero-order chi connectivity index (χ0) is 15.3. The van der Waals surface area contributed by atoms with Crippen LogP contribution >= 0.6 is 0 Å². The lowest BCUT2D eigenvalue weighted by molar-refractivity contribution is 0.0668. The summed E-state index contributed by atoms with van der Waals surface area (Å²) in [5.74, 6) is -5.07. The normalized spacial score (nSPS) is 10.9. The van der Waals surface area contributed by atoms with Gasteiger partial charge in [0.05, 0.1) is 5.56 Å². The van der Waals surface area contributed by atoms with Gasteiger partial charge in [0.1, 0.15) is 0 Å². The minimum absolute atomic E-state index is 0.112. The van der Waals surface area contributed by atoms with E-state index >= 15 is 0 Å². The largest absolute Gasteiger partial charge is 0.334 e. The summed E-state index contributed by atoms with van der Waals surface area (Å²) in [5.41, 5.74) is 4.99. The van der Waals surface area contributed by atoms with Crippen molar-refractivity contribution in [1.29, 1.82) is 0 Å². The van der Waals surface area contributed by atoms with E-state index < -0.39 is 28.9 Å². The van der Waals surface area contributed by atoms with Gasteiger partial charge in [-0.3, -0.25) is 4.79 Å². The van der Waals surface area contributed by atoms with E-state index in [1.807, 2.05) is 13.8 Å². The quantitative estimate of drug-likeness (QED) is 0.818. The van der Waals surface area contributed by atoms with Crippen LogP contribution in [0.15, 0.2) is 12.1 Å². The SMILES string of the molecule is CCC(CC)N(CCN)C(=O)c1ccc(F)c(F)c1F. The molecule has 0 saturated carbocycles. The highest BCUT2D eigenvalue weighted by molar-refractivity contribution is 5.94. The summed E-state index contributed by atoms with van der Waals surface area (Å²) in [5, 5.41) is 0. The average Bonchev–Trinajstić information content (AvgIpc) is 2.44. The van der Waals surface area contributed by atoms with Gasteiger partial charge in [-0.15, -0.1) is 0 Å². The summed E-state index contributed by atoms with van der Waals surface area (Å²) in [6.45, 7) is 4.25. The first-order valence-electron chi connectivity index (χ1n) is 6.62. The fourth-order valence-corrected chi connectivity index (χ4v) is 2.16. The minimum Gasteiger partial charge on any atom is -0.334 e. The van der Waals surface area contributed by atoms with Crippen molar-refractivity contribution in [3.63, 3.8) is 0 Å². The molecule has 0 fully saturated rings. The molecule has 0 radical (unpaired) electrons. The molecule has 0 saturated heterocycles. The minimum atomic E-state index is -1.63. The Hall–Kier alpha value is -1.56. The molecule has 0 aliphatic carbocycles. The number of rotatable bonds is 6. The third-order valence-corrected chi connectivity index (χ3v) is 3.28. The number of benzene rings is 1. The van der Waals surface area contributed by atoms with Crippen molar-refractivity contribution < 1.29 is 18.0 Å². The highest BCUT2D eigenvalue weighted by Gasteiger charge is 2.26. The van der Waals surface area contributed by atoms with E-state index in [0.717, 1.165) is 12.1 Å². The van der Waals surface area contributed by atoms with Crippen molar-refractivity contribution in [3.05, 3.63) is 35.1 Å². The maximum absolute atomic E-state index is 13.7. The number of hydrogen-bond acceptors (Lipinski definition) is 2. The molecule has 0 unspecified atom stereocenters. The second kappa shape index (κ2) is 7.28. The molecule has 0 aromatic heterocycles. The smallest absolute Gasteiger partial charge is 0.257 e. The first-order valence-corrected chi connectivity index (χ1v) is 6.62. The van der Waals surface area contributed by atoms with Crippen molar-refractivity contribution in [2.45, 2.75) is 32.7 Å². The molecule has 6 heteroatoms. The number of carbonyl (C=O) groups is 1. The highest BCUT2D eigenvalue weighted by Crippen LogP contribution is 2.19. The Kier molecular flexibility index (Phi) is 6.01. The van der Waals surface area contributed by atoms with Gasteiger partial charge in [0, 0.05) is 19.1 Å². The topological polar surface area (TPSA) is 46.3 Å². The van der Waals surface area contributed by atoms with E-state index in [1.165, 1.54) is 4.90 Å². The molecule has 1 aromatic rings. The van der Waals surface area contributed by atoms with Crippen molar-refractivity contribution in [3.8, 4) is 0 Å². The highest BCUT2D eigenvalue weighted by atomic mass is 19.2. The third-order valence-electron chi connectivity index (χ3n) is 3.28. The van der Waals surface area contributed by atoms with Crippen molar-refractivity contribution in [2.24, 2.45) is 5.73 Å². The summed E-state index contributed by atoms with van der Waals surface area (Å²) in [6, 6.07) is 1.60. The maximum Gasteiger partial charge on any atom is 0.257 e. The molecule has 1 rings (SSSR count). The van der Waals surface area contributed by atoms with E-state index in [1.54, 1.807) is 0 Å². The molecule has 0 aliphatic heterocycles. The maximum atomic E-state index is 13.7. The summed E-state index contributed by atoms with van der Waals surface area (Å²) >= 11 is 0. The first kappa shape index (κ1) is 16.5. The number of nitrogens with zero attached hydrogens (tertiary/aromatic N) is 1. The zero-order valence-electron chi connectivity index (χ0n) is 11.6. The summed E-state index contributed by atoms with van der Waals surface area (Å²) in [4.78, 5) is 13.7. The molecule has 0 heterocycles. The van der Waals surface area contributed by atoms with Crippen molar-refractivity contribution in [2.75, 3.05) is 13.1 Å². The van der Waals surface area contributed by atoms with Crippen LogP contribution in [0.3, 0.4) is 0 Å². The van der Waals surface area contributed by atoms with Gasteiger partial charge in [0.25, 0.3) is 5.91 Å². The van der Waals surface area contributed by atoms with Crippen LogP contribution in [0.2, 0.25) is 0 Å². The summed E-state index contributed by atoms with van der Waals surface area (Å²) in [7, 11) is 0. The molecule has 0 spiro atoms. The van der Waals surface area contributed by atoms with E-state index in [4.69, 9.17) is 5.73 Å². The first-order chi connectivity index (χ1) is 9.47. The van der Waals surface area contributed by atoms with Crippen LogP contribution in [0.1, 0.15) is 37.0 Å². The molecule has 20 heavy (non-hydrogen) atoms. The fraction of sp³-hybridized carbons (Fsp3) is 0.500. The van der Waals surface area contributed by atoms with Crippen LogP contribution in [-0.2, 0) is 0 Å². The van der Waals surface area contributed by atoms with Crippen LogP contribution in [0.4, 0.5) is 13.2 Å². The third kappa shape index (κ3) is 3.30. The van der Waals surface area contributed by atoms with E-state index in [9.17, 15) is 18.0 Å². The van der Waals surface area contributed by atoms with Crippen LogP contribution in [0.25, 0.3) is 0 Å². The lowest BCUT2D eigenvalue weighted by Gasteiger charge is -2.30. The molecule has 1 aromatic carbocycles.